The van der Waals surface area contributed by atoms with Crippen molar-refractivity contribution in [2.45, 2.75) is 24.8 Å². The molecule has 3 rings (SSSR count). The van der Waals surface area contributed by atoms with Crippen LogP contribution in [0, 0.1) is 5.82 Å². The zero-order valence-electron chi connectivity index (χ0n) is 11.5. The second-order valence-electron chi connectivity index (χ2n) is 4.93. The molecule has 21 heavy (non-hydrogen) atoms. The fourth-order valence-electron chi connectivity index (χ4n) is 2.38. The van der Waals surface area contributed by atoms with Crippen LogP contribution in [0.15, 0.2) is 34.6 Å². The van der Waals surface area contributed by atoms with Crippen molar-refractivity contribution in [3.05, 3.63) is 46.0 Å². The van der Waals surface area contributed by atoms with E-state index in [1.807, 2.05) is 9.95 Å². The lowest BCUT2D eigenvalue weighted by molar-refractivity contribution is 0.117. The number of ether oxygens (including phenoxy) is 1. The van der Waals surface area contributed by atoms with Crippen LogP contribution in [0.3, 0.4) is 0 Å². The average molecular weight is 327 g/mol. The minimum absolute atomic E-state index is 0.216. The van der Waals surface area contributed by atoms with Gasteiger partial charge in [-0.2, -0.15) is 0 Å². The van der Waals surface area contributed by atoms with Crippen molar-refractivity contribution in [1.82, 2.24) is 4.57 Å². The van der Waals surface area contributed by atoms with Gasteiger partial charge < -0.3 is 4.74 Å². The van der Waals surface area contributed by atoms with E-state index in [0.717, 1.165) is 35.6 Å². The molecule has 0 spiro atoms. The van der Waals surface area contributed by atoms with Crippen LogP contribution < -0.4 is 4.80 Å². The summed E-state index contributed by atoms with van der Waals surface area (Å²) in [6.45, 7) is 1.49. The largest absolute Gasteiger partial charge is 0.376 e. The minimum atomic E-state index is -0.250. The van der Waals surface area contributed by atoms with Gasteiger partial charge in [-0.3, -0.25) is 9.56 Å². The van der Waals surface area contributed by atoms with Crippen LogP contribution in [0.25, 0.3) is 5.69 Å². The molecule has 1 atom stereocenters. The Morgan fingerprint density at radius 3 is 2.86 bits per heavy atom. The Hall–Kier alpha value is -1.17. The third kappa shape index (κ3) is 3.36. The molecule has 1 aliphatic heterocycles. The van der Waals surface area contributed by atoms with E-state index in [1.54, 1.807) is 23.5 Å². The van der Waals surface area contributed by atoms with Crippen LogP contribution in [0.5, 0.6) is 0 Å². The lowest BCUT2D eigenvalue weighted by atomic mass is 10.2. The molecule has 1 aliphatic rings. The molecule has 0 bridgehead atoms. The van der Waals surface area contributed by atoms with Gasteiger partial charge in [-0.25, -0.2) is 4.39 Å². The van der Waals surface area contributed by atoms with Crippen LogP contribution >= 0.6 is 22.9 Å². The quantitative estimate of drug-likeness (QED) is 0.790. The van der Waals surface area contributed by atoms with Gasteiger partial charge in [-0.1, -0.05) is 0 Å². The number of thiazole rings is 1. The molecule has 0 radical (unpaired) electrons. The number of halogens is 2. The van der Waals surface area contributed by atoms with Gasteiger partial charge in [0.15, 0.2) is 4.80 Å². The topological polar surface area (TPSA) is 26.5 Å². The van der Waals surface area contributed by atoms with Crippen LogP contribution in [0.2, 0.25) is 0 Å². The van der Waals surface area contributed by atoms with Crippen molar-refractivity contribution in [1.29, 1.82) is 0 Å². The Morgan fingerprint density at radius 1 is 1.38 bits per heavy atom. The molecule has 1 aromatic heterocycles. The standard InChI is InChI=1S/C15H16ClFN2OS/c16-8-13-10-21-15(18-9-14-2-1-7-20-14)19(13)12-5-3-11(17)4-6-12/h3-6,10,14H,1-2,7-9H2. The first-order chi connectivity index (χ1) is 10.3. The summed E-state index contributed by atoms with van der Waals surface area (Å²) < 4.78 is 20.7. The molecule has 0 aliphatic carbocycles. The van der Waals surface area contributed by atoms with Gasteiger partial charge in [0.25, 0.3) is 0 Å². The maximum Gasteiger partial charge on any atom is 0.189 e. The van der Waals surface area contributed by atoms with Gasteiger partial charge in [0, 0.05) is 17.7 Å². The molecular formula is C15H16ClFN2OS. The molecule has 6 heteroatoms. The molecule has 2 aromatic rings. The molecule has 2 heterocycles. The SMILES string of the molecule is Fc1ccc(-n2c(CCl)csc2=NCC2CCCO2)cc1. The molecule has 112 valence electrons. The molecule has 0 saturated carbocycles. The van der Waals surface area contributed by atoms with Crippen LogP contribution in [-0.4, -0.2) is 23.8 Å². The number of benzene rings is 1. The highest BCUT2D eigenvalue weighted by molar-refractivity contribution is 7.07. The van der Waals surface area contributed by atoms with Gasteiger partial charge in [-0.05, 0) is 37.1 Å². The highest BCUT2D eigenvalue weighted by Crippen LogP contribution is 2.15. The summed E-state index contributed by atoms with van der Waals surface area (Å²) in [5, 5.41) is 1.99. The summed E-state index contributed by atoms with van der Waals surface area (Å²) in [6, 6.07) is 6.37. The highest BCUT2D eigenvalue weighted by Gasteiger charge is 2.15. The first kappa shape index (κ1) is 14.8. The second kappa shape index (κ2) is 6.73. The fourth-order valence-corrected chi connectivity index (χ4v) is 3.58. The Balaban J connectivity index is 1.95. The minimum Gasteiger partial charge on any atom is -0.376 e. The Morgan fingerprint density at radius 2 is 2.19 bits per heavy atom. The lowest BCUT2D eigenvalue weighted by Gasteiger charge is -2.08. The first-order valence-electron chi connectivity index (χ1n) is 6.91. The zero-order valence-corrected chi connectivity index (χ0v) is 13.0. The van der Waals surface area contributed by atoms with Crippen molar-refractivity contribution in [3.8, 4) is 5.69 Å². The predicted octanol–water partition coefficient (Wildman–Crippen LogP) is 3.50. The van der Waals surface area contributed by atoms with Crippen molar-refractivity contribution in [3.63, 3.8) is 0 Å². The molecule has 1 aromatic carbocycles. The fraction of sp³-hybridized carbons (Fsp3) is 0.400. The number of nitrogens with zero attached hydrogens (tertiary/aromatic N) is 2. The third-order valence-electron chi connectivity index (χ3n) is 3.45. The average Bonchev–Trinajstić information content (AvgIpc) is 3.15. The molecule has 1 fully saturated rings. The van der Waals surface area contributed by atoms with E-state index in [9.17, 15) is 4.39 Å². The Kier molecular flexibility index (Phi) is 4.73. The smallest absolute Gasteiger partial charge is 0.189 e. The number of aromatic nitrogens is 1. The monoisotopic (exact) mass is 326 g/mol. The maximum atomic E-state index is 13.1. The summed E-state index contributed by atoms with van der Waals surface area (Å²) >= 11 is 7.54. The van der Waals surface area contributed by atoms with Gasteiger partial charge in [0.1, 0.15) is 5.82 Å². The van der Waals surface area contributed by atoms with Crippen molar-refractivity contribution < 1.29 is 9.13 Å². The van der Waals surface area contributed by atoms with E-state index in [-0.39, 0.29) is 11.9 Å². The van der Waals surface area contributed by atoms with Gasteiger partial charge in [0.05, 0.1) is 24.2 Å². The molecule has 0 amide bonds. The van der Waals surface area contributed by atoms with Gasteiger partial charge in [0.2, 0.25) is 0 Å². The van der Waals surface area contributed by atoms with E-state index in [4.69, 9.17) is 16.3 Å². The second-order valence-corrected chi connectivity index (χ2v) is 6.03. The van der Waals surface area contributed by atoms with Crippen molar-refractivity contribution >= 4 is 22.9 Å². The number of rotatable bonds is 4. The van der Waals surface area contributed by atoms with Crippen molar-refractivity contribution in [2.24, 2.45) is 4.99 Å². The third-order valence-corrected chi connectivity index (χ3v) is 4.64. The van der Waals surface area contributed by atoms with Crippen molar-refractivity contribution in [2.75, 3.05) is 13.2 Å². The van der Waals surface area contributed by atoms with E-state index < -0.39 is 0 Å². The number of alkyl halides is 1. The van der Waals surface area contributed by atoms with Gasteiger partial charge in [-0.15, -0.1) is 22.9 Å². The molecular weight excluding hydrogens is 311 g/mol. The summed E-state index contributed by atoms with van der Waals surface area (Å²) in [5.74, 6) is 0.142. The molecule has 3 nitrogen and oxygen atoms in total. The van der Waals surface area contributed by atoms with E-state index in [1.165, 1.54) is 12.1 Å². The van der Waals surface area contributed by atoms with Crippen LogP contribution in [0.1, 0.15) is 18.5 Å². The van der Waals surface area contributed by atoms with E-state index >= 15 is 0 Å². The Bertz CT molecular complexity index is 659. The van der Waals surface area contributed by atoms with E-state index in [0.29, 0.717) is 12.4 Å². The lowest BCUT2D eigenvalue weighted by Crippen LogP contribution is -2.19. The number of hydrogen-bond donors (Lipinski definition) is 0. The predicted molar refractivity (Wildman–Crippen MR) is 82.6 cm³/mol. The first-order valence-corrected chi connectivity index (χ1v) is 8.33. The molecule has 1 saturated heterocycles. The molecule has 0 N–H and O–H groups in total. The highest BCUT2D eigenvalue weighted by atomic mass is 35.5. The normalized spacial score (nSPS) is 19.3. The Labute approximate surface area is 131 Å². The van der Waals surface area contributed by atoms with Crippen LogP contribution in [0.4, 0.5) is 4.39 Å². The summed E-state index contributed by atoms with van der Waals surface area (Å²) in [7, 11) is 0. The summed E-state index contributed by atoms with van der Waals surface area (Å²) in [4.78, 5) is 5.53. The molecule has 1 unspecified atom stereocenters. The number of hydrogen-bond acceptors (Lipinski definition) is 3. The zero-order chi connectivity index (χ0) is 14.7. The van der Waals surface area contributed by atoms with Gasteiger partial charge >= 0.3 is 0 Å². The maximum absolute atomic E-state index is 13.1. The van der Waals surface area contributed by atoms with E-state index in [2.05, 4.69) is 4.99 Å². The summed E-state index contributed by atoms with van der Waals surface area (Å²) in [5.41, 5.74) is 1.83. The van der Waals surface area contributed by atoms with Crippen LogP contribution in [-0.2, 0) is 10.6 Å². The summed E-state index contributed by atoms with van der Waals surface area (Å²) in [6.07, 6.45) is 2.39.